The number of aromatic carboxylic acids is 1. The molecule has 1 heterocycles. The number of hydrogen-bond acceptors (Lipinski definition) is 2. The first kappa shape index (κ1) is 16.3. The number of nitrogens with zero attached hydrogens (tertiary/aromatic N) is 2. The van der Waals surface area contributed by atoms with Crippen LogP contribution in [0.25, 0.3) is 10.9 Å². The van der Waals surface area contributed by atoms with Crippen LogP contribution in [-0.4, -0.2) is 37.9 Å². The molecular weight excluding hydrogens is 355 g/mol. The standard InChI is InChI=1S/C10H9ClN2O2.C2H4BrCl/c11-5-6-13-9(10(14)15)7-3-1-2-4-8(7)12-13;3-1-2-4/h1-4H,5-6H2,(H,14,15);1-2H2. The molecule has 0 radical (unpaired) electrons. The molecule has 0 aliphatic carbocycles. The lowest BCUT2D eigenvalue weighted by Gasteiger charge is -2.00. The number of rotatable bonds is 4. The Morgan fingerprint density at radius 3 is 2.47 bits per heavy atom. The number of fused-ring (bicyclic) bond motifs is 1. The van der Waals surface area contributed by atoms with Crippen LogP contribution >= 0.6 is 39.1 Å². The van der Waals surface area contributed by atoms with E-state index in [4.69, 9.17) is 28.3 Å². The molecule has 1 aromatic heterocycles. The number of aryl methyl sites for hydroxylation is 1. The highest BCUT2D eigenvalue weighted by molar-refractivity contribution is 9.09. The van der Waals surface area contributed by atoms with E-state index in [1.165, 1.54) is 4.68 Å². The van der Waals surface area contributed by atoms with Crippen molar-refractivity contribution in [1.82, 2.24) is 9.78 Å². The number of carboxylic acid groups (broad SMARTS) is 1. The fourth-order valence-electron chi connectivity index (χ4n) is 1.55. The Kier molecular flexibility index (Phi) is 7.20. The molecule has 0 bridgehead atoms. The van der Waals surface area contributed by atoms with Gasteiger partial charge in [0.1, 0.15) is 0 Å². The number of benzene rings is 1. The number of hydrogen-bond donors (Lipinski definition) is 1. The van der Waals surface area contributed by atoms with Crippen molar-refractivity contribution >= 4 is 56.0 Å². The number of aromatic nitrogens is 2. The predicted octanol–water partition coefficient (Wildman–Crippen LogP) is 3.59. The molecule has 0 amide bonds. The maximum atomic E-state index is 11.1. The van der Waals surface area contributed by atoms with E-state index in [-0.39, 0.29) is 5.69 Å². The molecule has 0 saturated carbocycles. The van der Waals surface area contributed by atoms with Crippen molar-refractivity contribution in [2.24, 2.45) is 0 Å². The second-order valence-corrected chi connectivity index (χ2v) is 5.01. The maximum Gasteiger partial charge on any atom is 0.354 e. The van der Waals surface area contributed by atoms with Gasteiger partial charge in [-0.2, -0.15) is 5.10 Å². The average Bonchev–Trinajstić information content (AvgIpc) is 2.77. The lowest BCUT2D eigenvalue weighted by Crippen LogP contribution is -2.10. The Morgan fingerprint density at radius 1 is 1.32 bits per heavy atom. The molecule has 1 N–H and O–H groups in total. The zero-order chi connectivity index (χ0) is 14.3. The summed E-state index contributed by atoms with van der Waals surface area (Å²) in [6.45, 7) is 0.401. The van der Waals surface area contributed by atoms with E-state index in [1.54, 1.807) is 18.2 Å². The van der Waals surface area contributed by atoms with E-state index in [2.05, 4.69) is 21.0 Å². The largest absolute Gasteiger partial charge is 0.477 e. The van der Waals surface area contributed by atoms with Gasteiger partial charge in [-0.25, -0.2) is 4.79 Å². The van der Waals surface area contributed by atoms with Crippen LogP contribution in [0.4, 0.5) is 0 Å². The molecule has 0 unspecified atom stereocenters. The van der Waals surface area contributed by atoms with Crippen molar-refractivity contribution in [3.8, 4) is 0 Å². The minimum absolute atomic E-state index is 0.200. The van der Waals surface area contributed by atoms with E-state index >= 15 is 0 Å². The van der Waals surface area contributed by atoms with Crippen molar-refractivity contribution in [2.75, 3.05) is 17.1 Å². The highest BCUT2D eigenvalue weighted by atomic mass is 79.9. The quantitative estimate of drug-likeness (QED) is 0.840. The molecule has 7 heteroatoms. The summed E-state index contributed by atoms with van der Waals surface area (Å²) in [5.74, 6) is 0.0719. The van der Waals surface area contributed by atoms with Crippen molar-refractivity contribution < 1.29 is 9.90 Å². The molecule has 19 heavy (non-hydrogen) atoms. The third kappa shape index (κ3) is 4.37. The molecule has 0 aliphatic rings. The Morgan fingerprint density at radius 2 is 1.95 bits per heavy atom. The summed E-state index contributed by atoms with van der Waals surface area (Å²) < 4.78 is 1.43. The van der Waals surface area contributed by atoms with Crippen LogP contribution in [0.5, 0.6) is 0 Å². The normalized spacial score (nSPS) is 10.1. The molecule has 0 aliphatic heterocycles. The minimum Gasteiger partial charge on any atom is -0.477 e. The van der Waals surface area contributed by atoms with Gasteiger partial charge in [-0.1, -0.05) is 34.1 Å². The van der Waals surface area contributed by atoms with E-state index in [9.17, 15) is 4.79 Å². The second kappa shape index (κ2) is 8.40. The van der Waals surface area contributed by atoms with E-state index in [0.29, 0.717) is 29.2 Å². The van der Waals surface area contributed by atoms with Gasteiger partial charge in [0, 0.05) is 22.5 Å². The van der Waals surface area contributed by atoms with Crippen LogP contribution in [0, 0.1) is 0 Å². The lowest BCUT2D eigenvalue weighted by molar-refractivity contribution is 0.0686. The molecular formula is C12H13BrCl2N2O2. The Labute approximate surface area is 129 Å². The first-order chi connectivity index (χ1) is 9.15. The van der Waals surface area contributed by atoms with Gasteiger partial charge in [-0.05, 0) is 6.07 Å². The summed E-state index contributed by atoms with van der Waals surface area (Å²) in [6, 6.07) is 7.15. The Balaban J connectivity index is 0.000000399. The van der Waals surface area contributed by atoms with Gasteiger partial charge in [0.05, 0.1) is 12.1 Å². The average molecular weight is 368 g/mol. The molecule has 0 spiro atoms. The highest BCUT2D eigenvalue weighted by Gasteiger charge is 2.16. The fraction of sp³-hybridized carbons (Fsp3) is 0.333. The van der Waals surface area contributed by atoms with Crippen LogP contribution in [0.2, 0.25) is 0 Å². The molecule has 4 nitrogen and oxygen atoms in total. The topological polar surface area (TPSA) is 55.1 Å². The second-order valence-electron chi connectivity index (χ2n) is 3.46. The third-order valence-corrected chi connectivity index (χ3v) is 3.43. The lowest BCUT2D eigenvalue weighted by atomic mass is 10.2. The molecule has 2 rings (SSSR count). The van der Waals surface area contributed by atoms with Gasteiger partial charge in [0.2, 0.25) is 0 Å². The van der Waals surface area contributed by atoms with Crippen molar-refractivity contribution in [1.29, 1.82) is 0 Å². The van der Waals surface area contributed by atoms with E-state index < -0.39 is 5.97 Å². The molecule has 104 valence electrons. The minimum atomic E-state index is -0.978. The van der Waals surface area contributed by atoms with Gasteiger partial charge in [-0.15, -0.1) is 23.2 Å². The van der Waals surface area contributed by atoms with E-state index in [0.717, 1.165) is 5.33 Å². The molecule has 0 atom stereocenters. The number of carbonyl (C=O) groups is 1. The zero-order valence-electron chi connectivity index (χ0n) is 10.0. The zero-order valence-corrected chi connectivity index (χ0v) is 13.1. The van der Waals surface area contributed by atoms with Gasteiger partial charge in [-0.3, -0.25) is 4.68 Å². The molecule has 1 aromatic carbocycles. The number of halogens is 3. The Bertz CT molecular complexity index is 544. The molecule has 0 fully saturated rings. The number of carboxylic acids is 1. The summed E-state index contributed by atoms with van der Waals surface area (Å²) in [4.78, 5) is 11.1. The summed E-state index contributed by atoms with van der Waals surface area (Å²) in [5, 5.41) is 14.8. The summed E-state index contributed by atoms with van der Waals surface area (Å²) >= 11 is 13.8. The van der Waals surface area contributed by atoms with Crippen LogP contribution in [0.15, 0.2) is 24.3 Å². The predicted molar refractivity (Wildman–Crippen MR) is 81.9 cm³/mol. The van der Waals surface area contributed by atoms with Crippen LogP contribution in [0.1, 0.15) is 10.5 Å². The van der Waals surface area contributed by atoms with E-state index in [1.807, 2.05) is 6.07 Å². The van der Waals surface area contributed by atoms with Gasteiger partial charge < -0.3 is 5.11 Å². The van der Waals surface area contributed by atoms with Gasteiger partial charge in [0.15, 0.2) is 5.69 Å². The third-order valence-electron chi connectivity index (χ3n) is 2.22. The Hall–Kier alpha value is -0.780. The molecule has 0 saturated heterocycles. The van der Waals surface area contributed by atoms with Crippen LogP contribution in [0.3, 0.4) is 0 Å². The van der Waals surface area contributed by atoms with Gasteiger partial charge in [0.25, 0.3) is 0 Å². The summed E-state index contributed by atoms with van der Waals surface area (Å²) in [6.07, 6.45) is 0. The van der Waals surface area contributed by atoms with Crippen molar-refractivity contribution in [3.05, 3.63) is 30.0 Å². The van der Waals surface area contributed by atoms with Crippen molar-refractivity contribution in [3.63, 3.8) is 0 Å². The smallest absolute Gasteiger partial charge is 0.354 e. The maximum absolute atomic E-state index is 11.1. The first-order valence-corrected chi connectivity index (χ1v) is 7.71. The van der Waals surface area contributed by atoms with Crippen molar-refractivity contribution in [2.45, 2.75) is 6.54 Å². The molecule has 2 aromatic rings. The SMILES string of the molecule is ClCCBr.O=C(O)c1c2ccccc2nn1CCCl. The monoisotopic (exact) mass is 366 g/mol. The summed E-state index contributed by atoms with van der Waals surface area (Å²) in [5.41, 5.74) is 0.881. The van der Waals surface area contributed by atoms with Crippen LogP contribution < -0.4 is 0 Å². The van der Waals surface area contributed by atoms with Crippen LogP contribution in [-0.2, 0) is 6.54 Å². The fourth-order valence-corrected chi connectivity index (χ4v) is 1.71. The van der Waals surface area contributed by atoms with Gasteiger partial charge >= 0.3 is 5.97 Å². The number of alkyl halides is 3. The highest BCUT2D eigenvalue weighted by Crippen LogP contribution is 2.18. The summed E-state index contributed by atoms with van der Waals surface area (Å²) in [7, 11) is 0. The first-order valence-electron chi connectivity index (χ1n) is 5.52.